The summed E-state index contributed by atoms with van der Waals surface area (Å²) >= 11 is 6.37. The minimum atomic E-state index is -5.77. The Balaban J connectivity index is 0.000000358. The van der Waals surface area contributed by atoms with Gasteiger partial charge in [-0.25, -0.2) is 4.98 Å². The van der Waals surface area contributed by atoms with E-state index in [-0.39, 0.29) is 17.7 Å². The van der Waals surface area contributed by atoms with Crippen LogP contribution in [0.15, 0.2) is 67.4 Å². The van der Waals surface area contributed by atoms with Crippen LogP contribution in [0.25, 0.3) is 0 Å². The van der Waals surface area contributed by atoms with Crippen molar-refractivity contribution in [1.82, 2.24) is 24.8 Å². The van der Waals surface area contributed by atoms with Crippen LogP contribution in [0.5, 0.6) is 0 Å². The van der Waals surface area contributed by atoms with Gasteiger partial charge in [-0.05, 0) is 79.1 Å². The molecule has 4 aromatic rings. The molecular weight excluding hydrogens is 831 g/mol. The summed E-state index contributed by atoms with van der Waals surface area (Å²) in [6, 6.07) is 11.3. The van der Waals surface area contributed by atoms with Crippen molar-refractivity contribution >= 4 is 70.1 Å². The van der Waals surface area contributed by atoms with Gasteiger partial charge in [0.15, 0.2) is 5.82 Å². The van der Waals surface area contributed by atoms with Crippen LogP contribution in [0.1, 0.15) is 40.7 Å². The summed E-state index contributed by atoms with van der Waals surface area (Å²) in [6.45, 7) is 1.28. The molecular formula is C36H30ClF9N8O5. The predicted octanol–water partition coefficient (Wildman–Crippen LogP) is 7.38. The average Bonchev–Trinajstić information content (AvgIpc) is 3.18. The number of aromatic nitrogens is 4. The Morgan fingerprint density at radius 3 is 2.03 bits per heavy atom. The Morgan fingerprint density at radius 2 is 1.44 bits per heavy atom. The minimum Gasteiger partial charge on any atom is -0.339 e. The Hall–Kier alpha value is -6.19. The number of amides is 2. The van der Waals surface area contributed by atoms with Crippen LogP contribution in [0.2, 0.25) is 5.02 Å². The second kappa shape index (κ2) is 19.5. The fourth-order valence-electron chi connectivity index (χ4n) is 5.49. The van der Waals surface area contributed by atoms with E-state index in [0.717, 1.165) is 47.5 Å². The summed E-state index contributed by atoms with van der Waals surface area (Å²) in [4.78, 5) is 72.8. The van der Waals surface area contributed by atoms with E-state index < -0.39 is 36.4 Å². The predicted molar refractivity (Wildman–Crippen MR) is 192 cm³/mol. The van der Waals surface area contributed by atoms with Gasteiger partial charge in [-0.3, -0.25) is 33.9 Å². The Kier molecular flexibility index (Phi) is 15.0. The van der Waals surface area contributed by atoms with Gasteiger partial charge >= 0.3 is 30.1 Å². The zero-order chi connectivity index (χ0) is 43.5. The number of anilines is 5. The molecule has 0 aliphatic carbocycles. The van der Waals surface area contributed by atoms with E-state index in [4.69, 9.17) is 16.4 Å². The number of hydrogen-bond acceptors (Lipinski definition) is 11. The number of aldehydes is 1. The zero-order valence-electron chi connectivity index (χ0n) is 30.0. The third-order valence-electron chi connectivity index (χ3n) is 8.28. The van der Waals surface area contributed by atoms with Crippen molar-refractivity contribution in [1.29, 1.82) is 0 Å². The highest BCUT2D eigenvalue weighted by Gasteiger charge is 2.54. The van der Waals surface area contributed by atoms with Crippen molar-refractivity contribution in [3.05, 3.63) is 89.1 Å². The first-order valence-corrected chi connectivity index (χ1v) is 17.4. The summed E-state index contributed by atoms with van der Waals surface area (Å²) in [5.74, 6) is -5.72. The summed E-state index contributed by atoms with van der Waals surface area (Å²) in [5.41, 5.74) is 5.04. The Morgan fingerprint density at radius 1 is 0.814 bits per heavy atom. The van der Waals surface area contributed by atoms with Crippen molar-refractivity contribution < 1.29 is 63.5 Å². The molecule has 5 heterocycles. The third kappa shape index (κ3) is 14.0. The number of pyridine rings is 2. The Labute approximate surface area is 332 Å². The summed E-state index contributed by atoms with van der Waals surface area (Å²) in [7, 11) is 0. The van der Waals surface area contributed by atoms with E-state index in [0.29, 0.717) is 48.3 Å². The van der Waals surface area contributed by atoms with Crippen LogP contribution in [-0.4, -0.2) is 86.1 Å². The molecule has 2 amide bonds. The standard InChI is InChI=1S/C30H29ClN8O2.C4F6O2.C2HF3O/c31-25-18-34-30-36-24-13-20(16-33-17-24)1-2-22-15-23(35-28(25)38-30)3-4-26(22)37-27(40)14-19-7-11-39(12-8-19)29(41)21-5-9-32-10-6-21;5-3(6,7)1(11)2(12)4(8,9)10;3-2(4,5)1-6/h3-6,9-10,13,15-19H,1-2,7-8,11-12,14H2,(H,37,40)(H2,34,35,36,38);;1H. The highest BCUT2D eigenvalue weighted by Crippen LogP contribution is 2.30. The molecule has 0 saturated carbocycles. The molecule has 1 saturated heterocycles. The number of carbonyl (C=O) groups excluding carboxylic acids is 5. The van der Waals surface area contributed by atoms with E-state index >= 15 is 0 Å². The lowest BCUT2D eigenvalue weighted by atomic mass is 9.92. The number of Topliss-reactive ketones (excluding diaryl/α,β-unsaturated/α-hetero) is 2. The van der Waals surface area contributed by atoms with Crippen molar-refractivity contribution in [2.45, 2.75) is 50.6 Å². The maximum atomic E-state index is 13.1. The number of halogens is 10. The van der Waals surface area contributed by atoms with Crippen LogP contribution >= 0.6 is 11.6 Å². The van der Waals surface area contributed by atoms with Crippen molar-refractivity contribution in [2.75, 3.05) is 29.0 Å². The normalized spacial score (nSPS) is 14.1. The highest BCUT2D eigenvalue weighted by atomic mass is 35.5. The molecule has 1 fully saturated rings. The molecule has 2 aliphatic heterocycles. The molecule has 6 rings (SSSR count). The van der Waals surface area contributed by atoms with Gasteiger partial charge in [-0.1, -0.05) is 11.6 Å². The number of ketones is 2. The monoisotopic (exact) mass is 860 g/mol. The van der Waals surface area contributed by atoms with Gasteiger partial charge in [0.25, 0.3) is 5.91 Å². The number of hydrogen-bond donors (Lipinski definition) is 3. The summed E-state index contributed by atoms with van der Waals surface area (Å²) in [5, 5.41) is 10.0. The van der Waals surface area contributed by atoms with Gasteiger partial charge in [0.2, 0.25) is 18.1 Å². The van der Waals surface area contributed by atoms with Gasteiger partial charge in [-0.2, -0.15) is 44.5 Å². The molecule has 3 aromatic heterocycles. The number of fused-ring (bicyclic) bond motifs is 6. The number of nitrogens with zero attached hydrogens (tertiary/aromatic N) is 5. The first-order chi connectivity index (χ1) is 27.6. The highest BCUT2D eigenvalue weighted by molar-refractivity contribution is 6.41. The maximum Gasteiger partial charge on any atom is 0.458 e. The van der Waals surface area contributed by atoms with Crippen LogP contribution in [0.4, 0.5) is 68.3 Å². The lowest BCUT2D eigenvalue weighted by molar-refractivity contribution is -0.193. The number of piperidine rings is 1. The van der Waals surface area contributed by atoms with Crippen molar-refractivity contribution in [3.8, 4) is 0 Å². The topological polar surface area (TPSA) is 176 Å². The number of benzene rings is 1. The average molecular weight is 861 g/mol. The van der Waals surface area contributed by atoms with Gasteiger partial charge in [0.05, 0.1) is 18.1 Å². The second-order valence-electron chi connectivity index (χ2n) is 12.6. The van der Waals surface area contributed by atoms with Gasteiger partial charge in [0.1, 0.15) is 5.02 Å². The fourth-order valence-corrected chi connectivity index (χ4v) is 5.63. The first-order valence-electron chi connectivity index (χ1n) is 17.0. The lowest BCUT2D eigenvalue weighted by Gasteiger charge is -2.31. The first kappa shape index (κ1) is 45.5. The molecule has 1 aromatic carbocycles. The SMILES string of the molecule is O=C(C(=O)C(F)(F)F)C(F)(F)F.O=C(CC1CCN(C(=O)c2ccncc2)CC1)Nc1ccc2cc1CCc1cncc(c1)Nc1ncc(Cl)c(n1)N2.O=CC(F)(F)F. The summed E-state index contributed by atoms with van der Waals surface area (Å²) in [6.07, 6.45) is -5.46. The number of carbonyl (C=O) groups is 5. The molecule has 23 heteroatoms. The number of nitrogens with one attached hydrogen (secondary N) is 3. The molecule has 59 heavy (non-hydrogen) atoms. The lowest BCUT2D eigenvalue weighted by Crippen LogP contribution is -2.39. The second-order valence-corrected chi connectivity index (χ2v) is 13.0. The third-order valence-corrected chi connectivity index (χ3v) is 8.55. The number of rotatable bonds is 5. The number of aryl methyl sites for hydroxylation is 2. The van der Waals surface area contributed by atoms with E-state index in [1.54, 1.807) is 36.9 Å². The molecule has 6 bridgehead atoms. The largest absolute Gasteiger partial charge is 0.458 e. The molecule has 0 unspecified atom stereocenters. The van der Waals surface area contributed by atoms with Crippen LogP contribution in [0, 0.1) is 5.92 Å². The number of alkyl halides is 9. The van der Waals surface area contributed by atoms with Crippen LogP contribution in [-0.2, 0) is 32.0 Å². The molecule has 0 atom stereocenters. The van der Waals surface area contributed by atoms with Gasteiger partial charge < -0.3 is 20.9 Å². The van der Waals surface area contributed by atoms with E-state index in [1.165, 1.54) is 0 Å². The van der Waals surface area contributed by atoms with Crippen molar-refractivity contribution in [3.63, 3.8) is 0 Å². The molecule has 13 nitrogen and oxygen atoms in total. The van der Waals surface area contributed by atoms with E-state index in [2.05, 4.69) is 35.9 Å². The maximum absolute atomic E-state index is 13.1. The molecule has 314 valence electrons. The summed E-state index contributed by atoms with van der Waals surface area (Å²) < 4.78 is 98.2. The molecule has 0 radical (unpaired) electrons. The van der Waals surface area contributed by atoms with Gasteiger partial charge in [0, 0.05) is 55.0 Å². The molecule has 2 aliphatic rings. The van der Waals surface area contributed by atoms with Crippen LogP contribution in [0.3, 0.4) is 0 Å². The van der Waals surface area contributed by atoms with E-state index in [9.17, 15) is 58.7 Å². The number of likely N-dealkylation sites (tertiary alicyclic amines) is 1. The van der Waals surface area contributed by atoms with E-state index in [1.807, 2.05) is 35.4 Å². The molecule has 3 N–H and O–H groups in total. The smallest absolute Gasteiger partial charge is 0.339 e. The fraction of sp³-hybridized carbons (Fsp3) is 0.306. The Bertz CT molecular complexity index is 2120. The van der Waals surface area contributed by atoms with Crippen molar-refractivity contribution in [2.24, 2.45) is 5.92 Å². The van der Waals surface area contributed by atoms with Crippen LogP contribution < -0.4 is 16.0 Å². The quantitative estimate of drug-likeness (QED) is 0.104. The molecule has 0 spiro atoms. The van der Waals surface area contributed by atoms with Gasteiger partial charge in [-0.15, -0.1) is 0 Å². The zero-order valence-corrected chi connectivity index (χ0v) is 30.8. The minimum absolute atomic E-state index is 0.0139.